The number of hydrogen-bond donors (Lipinski definition) is 1. The normalized spacial score (nSPS) is 26.4. The fourth-order valence-corrected chi connectivity index (χ4v) is 4.29. The highest BCUT2D eigenvalue weighted by Crippen LogP contribution is 2.36. The van der Waals surface area contributed by atoms with E-state index in [1.807, 2.05) is 36.5 Å². The topological polar surface area (TPSA) is 63.7 Å². The van der Waals surface area contributed by atoms with Crippen molar-refractivity contribution in [3.63, 3.8) is 0 Å². The van der Waals surface area contributed by atoms with Crippen LogP contribution in [0.3, 0.4) is 0 Å². The SMILES string of the molecule is COc1ccccc1NC(=O)OC1C2CCN(CC2)C1Cc1cccnc1. The van der Waals surface area contributed by atoms with Crippen LogP contribution in [0.15, 0.2) is 48.8 Å². The average Bonchev–Trinajstić information content (AvgIpc) is 2.71. The lowest BCUT2D eigenvalue weighted by Crippen LogP contribution is -2.60. The van der Waals surface area contributed by atoms with Gasteiger partial charge in [-0.2, -0.15) is 0 Å². The number of anilines is 1. The zero-order chi connectivity index (χ0) is 18.6. The van der Waals surface area contributed by atoms with Crippen molar-refractivity contribution in [1.29, 1.82) is 0 Å². The van der Waals surface area contributed by atoms with E-state index in [-0.39, 0.29) is 12.1 Å². The zero-order valence-electron chi connectivity index (χ0n) is 15.5. The summed E-state index contributed by atoms with van der Waals surface area (Å²) in [6.45, 7) is 2.15. The number of benzene rings is 1. The van der Waals surface area contributed by atoms with Crippen molar-refractivity contribution < 1.29 is 14.3 Å². The monoisotopic (exact) mass is 367 g/mol. The maximum Gasteiger partial charge on any atom is 0.412 e. The molecular weight excluding hydrogens is 342 g/mol. The van der Waals surface area contributed by atoms with Gasteiger partial charge in [0.15, 0.2) is 0 Å². The van der Waals surface area contributed by atoms with Gasteiger partial charge in [-0.3, -0.25) is 15.2 Å². The van der Waals surface area contributed by atoms with Gasteiger partial charge in [-0.05, 0) is 56.1 Å². The van der Waals surface area contributed by atoms with Crippen molar-refractivity contribution >= 4 is 11.8 Å². The second-order valence-corrected chi connectivity index (χ2v) is 7.20. The van der Waals surface area contributed by atoms with Crippen LogP contribution in [0, 0.1) is 5.92 Å². The number of carbonyl (C=O) groups excluding carboxylic acids is 1. The molecule has 1 amide bonds. The Morgan fingerprint density at radius 3 is 2.78 bits per heavy atom. The summed E-state index contributed by atoms with van der Waals surface area (Å²) < 4.78 is 11.2. The van der Waals surface area contributed by atoms with Gasteiger partial charge in [0.1, 0.15) is 11.9 Å². The number of piperidine rings is 3. The highest BCUT2D eigenvalue weighted by Gasteiger charge is 2.44. The van der Waals surface area contributed by atoms with Crippen LogP contribution in [-0.4, -0.2) is 48.3 Å². The Balaban J connectivity index is 1.47. The second-order valence-electron chi connectivity index (χ2n) is 7.20. The lowest BCUT2D eigenvalue weighted by atomic mass is 9.78. The van der Waals surface area contributed by atoms with Gasteiger partial charge < -0.3 is 9.47 Å². The number of nitrogens with one attached hydrogen (secondary N) is 1. The van der Waals surface area contributed by atoms with Gasteiger partial charge in [-0.25, -0.2) is 4.79 Å². The van der Waals surface area contributed by atoms with E-state index >= 15 is 0 Å². The molecule has 2 unspecified atom stereocenters. The molecule has 2 aromatic rings. The second kappa shape index (κ2) is 7.96. The molecule has 1 aromatic carbocycles. The summed E-state index contributed by atoms with van der Waals surface area (Å²) in [5.41, 5.74) is 1.80. The van der Waals surface area contributed by atoms with E-state index in [2.05, 4.69) is 21.3 Å². The summed E-state index contributed by atoms with van der Waals surface area (Å²) in [6, 6.07) is 11.6. The van der Waals surface area contributed by atoms with Crippen molar-refractivity contribution in [3.05, 3.63) is 54.4 Å². The molecule has 3 aliphatic heterocycles. The number of methoxy groups -OCH3 is 1. The van der Waals surface area contributed by atoms with Crippen LogP contribution in [-0.2, 0) is 11.2 Å². The van der Waals surface area contributed by atoms with Crippen LogP contribution in [0.1, 0.15) is 18.4 Å². The van der Waals surface area contributed by atoms with Gasteiger partial charge in [-0.15, -0.1) is 0 Å². The largest absolute Gasteiger partial charge is 0.495 e. The van der Waals surface area contributed by atoms with Gasteiger partial charge >= 0.3 is 6.09 Å². The first-order valence-electron chi connectivity index (χ1n) is 9.48. The smallest absolute Gasteiger partial charge is 0.412 e. The van der Waals surface area contributed by atoms with Crippen LogP contribution in [0.25, 0.3) is 0 Å². The van der Waals surface area contributed by atoms with E-state index in [0.717, 1.165) is 32.4 Å². The van der Waals surface area contributed by atoms with E-state index in [0.29, 0.717) is 17.4 Å². The molecule has 3 fully saturated rings. The zero-order valence-corrected chi connectivity index (χ0v) is 15.5. The summed E-state index contributed by atoms with van der Waals surface area (Å²) >= 11 is 0. The highest BCUT2D eigenvalue weighted by atomic mass is 16.6. The van der Waals surface area contributed by atoms with E-state index in [1.165, 1.54) is 5.56 Å². The number of rotatable bonds is 5. The summed E-state index contributed by atoms with van der Waals surface area (Å²) in [4.78, 5) is 19.3. The first kappa shape index (κ1) is 17.8. The van der Waals surface area contributed by atoms with Crippen LogP contribution >= 0.6 is 0 Å². The van der Waals surface area contributed by atoms with Gasteiger partial charge in [0.05, 0.1) is 18.8 Å². The van der Waals surface area contributed by atoms with Crippen LogP contribution < -0.4 is 10.1 Å². The van der Waals surface area contributed by atoms with Gasteiger partial charge in [0.25, 0.3) is 0 Å². The van der Waals surface area contributed by atoms with E-state index in [1.54, 1.807) is 13.3 Å². The molecule has 3 aliphatic rings. The molecule has 0 saturated carbocycles. The van der Waals surface area contributed by atoms with Gasteiger partial charge in [0, 0.05) is 18.3 Å². The van der Waals surface area contributed by atoms with Crippen molar-refractivity contribution in [2.24, 2.45) is 5.92 Å². The molecule has 6 heteroatoms. The minimum absolute atomic E-state index is 0.109. The molecule has 5 rings (SSSR count). The number of aromatic nitrogens is 1. The number of hydrogen-bond acceptors (Lipinski definition) is 5. The summed E-state index contributed by atoms with van der Waals surface area (Å²) in [5, 5.41) is 2.84. The summed E-state index contributed by atoms with van der Waals surface area (Å²) in [7, 11) is 1.59. The molecule has 3 saturated heterocycles. The lowest BCUT2D eigenvalue weighted by molar-refractivity contribution is -0.0741. The third kappa shape index (κ3) is 3.90. The number of fused-ring (bicyclic) bond motifs is 3. The third-order valence-electron chi connectivity index (χ3n) is 5.64. The van der Waals surface area contributed by atoms with Crippen molar-refractivity contribution in [2.75, 3.05) is 25.5 Å². The first-order valence-corrected chi connectivity index (χ1v) is 9.48. The predicted molar refractivity (Wildman–Crippen MR) is 103 cm³/mol. The van der Waals surface area contributed by atoms with E-state index < -0.39 is 6.09 Å². The van der Waals surface area contributed by atoms with Gasteiger partial charge in [0.2, 0.25) is 0 Å². The number of amides is 1. The Labute approximate surface area is 159 Å². The third-order valence-corrected chi connectivity index (χ3v) is 5.64. The maximum atomic E-state index is 12.6. The molecule has 27 heavy (non-hydrogen) atoms. The van der Waals surface area contributed by atoms with Crippen molar-refractivity contribution in [3.8, 4) is 5.75 Å². The van der Waals surface area contributed by atoms with E-state index in [9.17, 15) is 4.79 Å². The van der Waals surface area contributed by atoms with E-state index in [4.69, 9.17) is 9.47 Å². The number of para-hydroxylation sites is 2. The molecule has 6 nitrogen and oxygen atoms in total. The Hall–Kier alpha value is -2.60. The quantitative estimate of drug-likeness (QED) is 0.878. The van der Waals surface area contributed by atoms with Gasteiger partial charge in [-0.1, -0.05) is 18.2 Å². The van der Waals surface area contributed by atoms with Crippen LogP contribution in [0.4, 0.5) is 10.5 Å². The average molecular weight is 367 g/mol. The molecular formula is C21H25N3O3. The molecule has 0 radical (unpaired) electrons. The molecule has 1 N–H and O–H groups in total. The van der Waals surface area contributed by atoms with Crippen molar-refractivity contribution in [2.45, 2.75) is 31.4 Å². The fraction of sp³-hybridized carbons (Fsp3) is 0.429. The van der Waals surface area contributed by atoms with Crippen LogP contribution in [0.2, 0.25) is 0 Å². The maximum absolute atomic E-state index is 12.6. The van der Waals surface area contributed by atoms with Crippen LogP contribution in [0.5, 0.6) is 5.75 Å². The Kier molecular flexibility index (Phi) is 5.25. The molecule has 2 atom stereocenters. The molecule has 142 valence electrons. The first-order chi connectivity index (χ1) is 13.2. The lowest BCUT2D eigenvalue weighted by Gasteiger charge is -2.50. The number of ether oxygens (including phenoxy) is 2. The number of pyridine rings is 1. The Morgan fingerprint density at radius 2 is 2.04 bits per heavy atom. The molecule has 0 aliphatic carbocycles. The molecule has 0 spiro atoms. The summed E-state index contributed by atoms with van der Waals surface area (Å²) in [6.07, 6.45) is 6.15. The summed E-state index contributed by atoms with van der Waals surface area (Å²) in [5.74, 6) is 1.04. The number of carbonyl (C=O) groups is 1. The standard InChI is InChI=1S/C21H25N3O3/c1-26-19-7-3-2-6-17(19)23-21(25)27-20-16-8-11-24(12-9-16)18(20)13-15-5-4-10-22-14-15/h2-7,10,14,16,18,20H,8-9,11-13H2,1H3,(H,23,25). The Bertz CT molecular complexity index is 775. The molecule has 2 bridgehead atoms. The minimum Gasteiger partial charge on any atom is -0.495 e. The number of nitrogens with zero attached hydrogens (tertiary/aromatic N) is 2. The fourth-order valence-electron chi connectivity index (χ4n) is 4.29. The molecule has 1 aromatic heterocycles. The molecule has 4 heterocycles. The highest BCUT2D eigenvalue weighted by molar-refractivity contribution is 5.86. The minimum atomic E-state index is -0.422. The van der Waals surface area contributed by atoms with Crippen molar-refractivity contribution in [1.82, 2.24) is 9.88 Å². The predicted octanol–water partition coefficient (Wildman–Crippen LogP) is 3.34. The Morgan fingerprint density at radius 1 is 1.22 bits per heavy atom.